The molecule has 0 amide bonds. The van der Waals surface area contributed by atoms with Gasteiger partial charge in [-0.05, 0) is 31.9 Å². The average molecular weight is 289 g/mol. The van der Waals surface area contributed by atoms with Gasteiger partial charge in [-0.3, -0.25) is 8.78 Å². The maximum Gasteiger partial charge on any atom is 0.207 e. The van der Waals surface area contributed by atoms with Crippen molar-refractivity contribution in [1.82, 2.24) is 9.55 Å². The zero-order chi connectivity index (χ0) is 13.9. The van der Waals surface area contributed by atoms with Crippen molar-refractivity contribution in [1.29, 1.82) is 0 Å². The number of anilines is 1. The number of nitrogens with one attached hydrogen (secondary N) is 1. The van der Waals surface area contributed by atoms with Crippen LogP contribution in [0.25, 0.3) is 5.69 Å². The minimum Gasteiger partial charge on any atom is -0.353 e. The molecule has 2 heterocycles. The van der Waals surface area contributed by atoms with Crippen molar-refractivity contribution in [3.63, 3.8) is 0 Å². The van der Waals surface area contributed by atoms with Crippen LogP contribution in [0.4, 0.5) is 5.95 Å². The molecule has 0 bridgehead atoms. The van der Waals surface area contributed by atoms with Gasteiger partial charge in [0.1, 0.15) is 0 Å². The third kappa shape index (κ3) is 2.93. The Morgan fingerprint density at radius 3 is 2.65 bits per heavy atom. The second-order valence-corrected chi connectivity index (χ2v) is 6.87. The van der Waals surface area contributed by atoms with E-state index in [2.05, 4.69) is 27.0 Å². The van der Waals surface area contributed by atoms with E-state index in [1.807, 2.05) is 31.3 Å². The van der Waals surface area contributed by atoms with E-state index in [9.17, 15) is 4.21 Å². The highest BCUT2D eigenvalue weighted by Gasteiger charge is 2.19. The van der Waals surface area contributed by atoms with Gasteiger partial charge in [0.05, 0.1) is 5.69 Å². The molecule has 0 aliphatic carbocycles. The molecule has 1 fully saturated rings. The number of imidazole rings is 1. The normalized spacial score (nSPS) is 22.6. The van der Waals surface area contributed by atoms with Gasteiger partial charge in [0.2, 0.25) is 5.95 Å². The first kappa shape index (κ1) is 13.4. The molecule has 5 heteroatoms. The minimum atomic E-state index is -0.622. The summed E-state index contributed by atoms with van der Waals surface area (Å²) >= 11 is 0. The van der Waals surface area contributed by atoms with Crippen molar-refractivity contribution in [2.45, 2.75) is 25.8 Å². The van der Waals surface area contributed by atoms with E-state index < -0.39 is 10.8 Å². The summed E-state index contributed by atoms with van der Waals surface area (Å²) in [5.41, 5.74) is 2.10. The molecule has 1 aliphatic rings. The predicted octanol–water partition coefficient (Wildman–Crippen LogP) is 2.50. The Labute approximate surface area is 121 Å². The number of hydrogen-bond donors (Lipinski definition) is 1. The summed E-state index contributed by atoms with van der Waals surface area (Å²) < 4.78 is 13.5. The number of aromatic nitrogens is 2. The van der Waals surface area contributed by atoms with Gasteiger partial charge in [0.15, 0.2) is 0 Å². The Hall–Kier alpha value is -1.62. The first-order chi connectivity index (χ1) is 9.72. The quantitative estimate of drug-likeness (QED) is 0.944. The zero-order valence-electron chi connectivity index (χ0n) is 11.6. The Morgan fingerprint density at radius 1 is 1.25 bits per heavy atom. The molecule has 1 aromatic heterocycles. The molecule has 0 saturated carbocycles. The standard InChI is InChI=1S/C15H19N3OS/c1-12-11-18(14-5-3-2-4-6-14)15(16-12)17-13-7-9-20(19)10-8-13/h2-6,11,13H,7-10H2,1H3,(H,16,17). The smallest absolute Gasteiger partial charge is 0.207 e. The van der Waals surface area contributed by atoms with Gasteiger partial charge in [-0.25, -0.2) is 4.98 Å². The average Bonchev–Trinajstić information content (AvgIpc) is 2.83. The largest absolute Gasteiger partial charge is 0.353 e. The van der Waals surface area contributed by atoms with Gasteiger partial charge < -0.3 is 5.32 Å². The van der Waals surface area contributed by atoms with Gasteiger partial charge in [-0.15, -0.1) is 0 Å². The van der Waals surface area contributed by atoms with Crippen LogP contribution >= 0.6 is 0 Å². The lowest BCUT2D eigenvalue weighted by Gasteiger charge is -2.23. The molecule has 1 saturated heterocycles. The number of nitrogens with zero attached hydrogens (tertiary/aromatic N) is 2. The van der Waals surface area contributed by atoms with Crippen LogP contribution < -0.4 is 5.32 Å². The van der Waals surface area contributed by atoms with Crippen LogP contribution in [0.3, 0.4) is 0 Å². The van der Waals surface area contributed by atoms with E-state index in [0.717, 1.165) is 41.7 Å². The highest BCUT2D eigenvalue weighted by Crippen LogP contribution is 2.20. The van der Waals surface area contributed by atoms with Crippen LogP contribution in [0.1, 0.15) is 18.5 Å². The SMILES string of the molecule is Cc1cn(-c2ccccc2)c(NC2CCS(=O)CC2)n1. The fourth-order valence-corrected chi connectivity index (χ4v) is 3.80. The summed E-state index contributed by atoms with van der Waals surface area (Å²) in [4.78, 5) is 4.58. The molecule has 0 unspecified atom stereocenters. The van der Waals surface area contributed by atoms with E-state index in [-0.39, 0.29) is 0 Å². The van der Waals surface area contributed by atoms with Gasteiger partial charge in [-0.2, -0.15) is 0 Å². The molecular formula is C15H19N3OS. The monoisotopic (exact) mass is 289 g/mol. The van der Waals surface area contributed by atoms with E-state index in [4.69, 9.17) is 0 Å². The summed E-state index contributed by atoms with van der Waals surface area (Å²) in [5, 5.41) is 3.51. The van der Waals surface area contributed by atoms with E-state index in [1.165, 1.54) is 0 Å². The van der Waals surface area contributed by atoms with E-state index in [1.54, 1.807) is 0 Å². The van der Waals surface area contributed by atoms with Crippen LogP contribution in [-0.2, 0) is 10.8 Å². The van der Waals surface area contributed by atoms with Gasteiger partial charge in [0, 0.05) is 40.2 Å². The third-order valence-corrected chi connectivity index (χ3v) is 4.96. The molecule has 0 radical (unpaired) electrons. The second-order valence-electron chi connectivity index (χ2n) is 5.18. The molecule has 20 heavy (non-hydrogen) atoms. The molecule has 3 rings (SSSR count). The molecule has 1 aromatic carbocycles. The first-order valence-corrected chi connectivity index (χ1v) is 8.44. The third-order valence-electron chi connectivity index (χ3n) is 3.58. The summed E-state index contributed by atoms with van der Waals surface area (Å²) in [7, 11) is -0.622. The van der Waals surface area contributed by atoms with Gasteiger partial charge in [0.25, 0.3) is 0 Å². The highest BCUT2D eigenvalue weighted by molar-refractivity contribution is 7.85. The molecule has 1 N–H and O–H groups in total. The first-order valence-electron chi connectivity index (χ1n) is 6.95. The van der Waals surface area contributed by atoms with Crippen molar-refractivity contribution in [3.05, 3.63) is 42.2 Å². The highest BCUT2D eigenvalue weighted by atomic mass is 32.2. The van der Waals surface area contributed by atoms with Gasteiger partial charge in [-0.1, -0.05) is 18.2 Å². The predicted molar refractivity (Wildman–Crippen MR) is 82.8 cm³/mol. The van der Waals surface area contributed by atoms with E-state index >= 15 is 0 Å². The lowest BCUT2D eigenvalue weighted by Crippen LogP contribution is -2.30. The van der Waals surface area contributed by atoms with Crippen LogP contribution in [0, 0.1) is 6.92 Å². The fraction of sp³-hybridized carbons (Fsp3) is 0.400. The number of hydrogen-bond acceptors (Lipinski definition) is 3. The number of rotatable bonds is 3. The lowest BCUT2D eigenvalue weighted by molar-refractivity contribution is 0.619. The molecule has 2 aromatic rings. The molecular weight excluding hydrogens is 270 g/mol. The minimum absolute atomic E-state index is 0.372. The van der Waals surface area contributed by atoms with E-state index in [0.29, 0.717) is 6.04 Å². The Balaban J connectivity index is 1.81. The molecule has 4 nitrogen and oxygen atoms in total. The van der Waals surface area contributed by atoms with Crippen LogP contribution in [0.15, 0.2) is 36.5 Å². The lowest BCUT2D eigenvalue weighted by atomic mass is 10.2. The second kappa shape index (κ2) is 5.79. The van der Waals surface area contributed by atoms with Crippen LogP contribution in [0.2, 0.25) is 0 Å². The summed E-state index contributed by atoms with van der Waals surface area (Å²) in [6.07, 6.45) is 3.94. The van der Waals surface area contributed by atoms with Crippen molar-refractivity contribution >= 4 is 16.7 Å². The van der Waals surface area contributed by atoms with Crippen LogP contribution in [-0.4, -0.2) is 31.3 Å². The van der Waals surface area contributed by atoms with Crippen molar-refractivity contribution in [2.24, 2.45) is 0 Å². The van der Waals surface area contributed by atoms with Gasteiger partial charge >= 0.3 is 0 Å². The summed E-state index contributed by atoms with van der Waals surface area (Å²) in [6.45, 7) is 2.00. The number of benzene rings is 1. The Morgan fingerprint density at radius 2 is 1.95 bits per heavy atom. The van der Waals surface area contributed by atoms with Crippen molar-refractivity contribution in [2.75, 3.05) is 16.8 Å². The summed E-state index contributed by atoms with van der Waals surface area (Å²) in [6, 6.07) is 10.6. The molecule has 0 spiro atoms. The molecule has 1 aliphatic heterocycles. The maximum absolute atomic E-state index is 11.4. The maximum atomic E-state index is 11.4. The Kier molecular flexibility index (Phi) is 3.87. The Bertz CT molecular complexity index is 599. The molecule has 0 atom stereocenters. The molecule has 106 valence electrons. The van der Waals surface area contributed by atoms with Crippen molar-refractivity contribution in [3.8, 4) is 5.69 Å². The summed E-state index contributed by atoms with van der Waals surface area (Å²) in [5.74, 6) is 2.47. The number of para-hydroxylation sites is 1. The topological polar surface area (TPSA) is 46.9 Å². The number of aryl methyl sites for hydroxylation is 1. The van der Waals surface area contributed by atoms with Crippen molar-refractivity contribution < 1.29 is 4.21 Å². The fourth-order valence-electron chi connectivity index (χ4n) is 2.51. The van der Waals surface area contributed by atoms with Crippen LogP contribution in [0.5, 0.6) is 0 Å². The zero-order valence-corrected chi connectivity index (χ0v) is 12.4.